The van der Waals surface area contributed by atoms with E-state index >= 15 is 0 Å². The Labute approximate surface area is 157 Å². The molecule has 1 heterocycles. The molecule has 0 saturated heterocycles. The van der Waals surface area contributed by atoms with E-state index in [1.165, 1.54) is 6.07 Å². The molecule has 0 saturated carbocycles. The first-order chi connectivity index (χ1) is 13.0. The number of ether oxygens (including phenoxy) is 1. The first-order valence-corrected chi connectivity index (χ1v) is 8.41. The molecule has 0 aliphatic heterocycles. The van der Waals surface area contributed by atoms with Crippen molar-refractivity contribution in [2.45, 2.75) is 20.5 Å². The molecular formula is C21H20N2O4. The minimum absolute atomic E-state index is 0.0265. The van der Waals surface area contributed by atoms with Gasteiger partial charge in [0.25, 0.3) is 0 Å². The lowest BCUT2D eigenvalue weighted by Crippen LogP contribution is -2.15. The van der Waals surface area contributed by atoms with Crippen molar-refractivity contribution >= 4 is 11.8 Å². The molecule has 2 N–H and O–H groups in total. The summed E-state index contributed by atoms with van der Waals surface area (Å²) in [6.07, 6.45) is 0. The molecule has 6 heteroatoms. The van der Waals surface area contributed by atoms with E-state index in [0.29, 0.717) is 11.3 Å². The van der Waals surface area contributed by atoms with Crippen LogP contribution in [0.1, 0.15) is 33.0 Å². The average Bonchev–Trinajstić information content (AvgIpc) is 3.13. The number of nitrogens with zero attached hydrogens (tertiary/aromatic N) is 1. The van der Waals surface area contributed by atoms with Gasteiger partial charge in [0.2, 0.25) is 5.76 Å². The zero-order valence-electron chi connectivity index (χ0n) is 15.1. The highest BCUT2D eigenvalue weighted by molar-refractivity contribution is 5.97. The Morgan fingerprint density at radius 3 is 2.44 bits per heavy atom. The van der Waals surface area contributed by atoms with Crippen LogP contribution in [0.4, 0.5) is 0 Å². The van der Waals surface area contributed by atoms with Crippen LogP contribution in [0.2, 0.25) is 0 Å². The molecule has 3 rings (SSSR count). The predicted octanol–water partition coefficient (Wildman–Crippen LogP) is 3.95. The van der Waals surface area contributed by atoms with Crippen LogP contribution < -0.4 is 10.5 Å². The highest BCUT2D eigenvalue weighted by Gasteiger charge is 2.14. The first-order valence-electron chi connectivity index (χ1n) is 8.41. The Morgan fingerprint density at radius 2 is 1.74 bits per heavy atom. The van der Waals surface area contributed by atoms with E-state index in [9.17, 15) is 4.79 Å². The standard InChI is InChI=1S/C21H20N2O4/c1-14-10-15(2)12-18(11-14)25-13-17-8-9-19(26-17)21(24)27-23-20(22)16-6-4-3-5-7-16/h3-12H,13H2,1-2H3,(H2,22,23). The first kappa shape index (κ1) is 18.3. The SMILES string of the molecule is Cc1cc(C)cc(OCc2ccc(C(=O)O/N=C(\N)c3ccccc3)o2)c1. The second-order valence-corrected chi connectivity index (χ2v) is 6.10. The smallest absolute Gasteiger partial charge is 0.400 e. The summed E-state index contributed by atoms with van der Waals surface area (Å²) in [6, 6.07) is 18.1. The van der Waals surface area contributed by atoms with Crippen LogP contribution in [0.3, 0.4) is 0 Å². The monoisotopic (exact) mass is 364 g/mol. The van der Waals surface area contributed by atoms with E-state index in [1.807, 2.05) is 44.2 Å². The van der Waals surface area contributed by atoms with Crippen LogP contribution in [0.5, 0.6) is 5.75 Å². The van der Waals surface area contributed by atoms with Gasteiger partial charge in [-0.05, 0) is 49.2 Å². The molecule has 0 atom stereocenters. The largest absolute Gasteiger partial charge is 0.486 e. The van der Waals surface area contributed by atoms with Crippen molar-refractivity contribution in [1.82, 2.24) is 0 Å². The van der Waals surface area contributed by atoms with Crippen LogP contribution in [0.25, 0.3) is 0 Å². The highest BCUT2D eigenvalue weighted by Crippen LogP contribution is 2.18. The van der Waals surface area contributed by atoms with E-state index in [0.717, 1.165) is 16.9 Å². The molecule has 1 aromatic heterocycles. The van der Waals surface area contributed by atoms with Crippen molar-refractivity contribution in [3.8, 4) is 5.75 Å². The molecule has 0 aliphatic rings. The molecule has 0 unspecified atom stereocenters. The summed E-state index contributed by atoms with van der Waals surface area (Å²) in [6.45, 7) is 4.21. The second-order valence-electron chi connectivity index (χ2n) is 6.10. The van der Waals surface area contributed by atoms with Crippen molar-refractivity contribution in [3.05, 3.63) is 88.9 Å². The minimum atomic E-state index is -0.730. The quantitative estimate of drug-likeness (QED) is 0.310. The van der Waals surface area contributed by atoms with Gasteiger partial charge in [-0.25, -0.2) is 4.79 Å². The van der Waals surface area contributed by atoms with Gasteiger partial charge >= 0.3 is 5.97 Å². The topological polar surface area (TPSA) is 87.0 Å². The van der Waals surface area contributed by atoms with Crippen LogP contribution in [0, 0.1) is 13.8 Å². The van der Waals surface area contributed by atoms with Gasteiger partial charge in [-0.15, -0.1) is 0 Å². The number of hydrogen-bond acceptors (Lipinski definition) is 5. The number of amidine groups is 1. The number of rotatable bonds is 6. The van der Waals surface area contributed by atoms with Crippen molar-refractivity contribution in [2.75, 3.05) is 0 Å². The molecule has 0 radical (unpaired) electrons. The van der Waals surface area contributed by atoms with Gasteiger partial charge in [-0.2, -0.15) is 0 Å². The lowest BCUT2D eigenvalue weighted by atomic mass is 10.1. The third-order valence-electron chi connectivity index (χ3n) is 3.74. The Kier molecular flexibility index (Phi) is 5.56. The number of hydrogen-bond donors (Lipinski definition) is 1. The number of furan rings is 1. The number of carbonyl (C=O) groups is 1. The summed E-state index contributed by atoms with van der Waals surface area (Å²) >= 11 is 0. The Bertz CT molecular complexity index is 941. The van der Waals surface area contributed by atoms with Gasteiger partial charge < -0.3 is 19.7 Å². The van der Waals surface area contributed by atoms with Crippen LogP contribution >= 0.6 is 0 Å². The highest BCUT2D eigenvalue weighted by atomic mass is 16.7. The Morgan fingerprint density at radius 1 is 1.04 bits per heavy atom. The molecule has 3 aromatic rings. The molecule has 138 valence electrons. The summed E-state index contributed by atoms with van der Waals surface area (Å²) in [4.78, 5) is 16.9. The van der Waals surface area contributed by atoms with Gasteiger partial charge in [0.1, 0.15) is 18.1 Å². The van der Waals surface area contributed by atoms with Crippen LogP contribution in [0.15, 0.2) is 70.2 Å². The van der Waals surface area contributed by atoms with Crippen LogP contribution in [-0.4, -0.2) is 11.8 Å². The molecule has 2 aromatic carbocycles. The molecule has 0 spiro atoms. The fourth-order valence-electron chi connectivity index (χ4n) is 2.53. The average molecular weight is 364 g/mol. The van der Waals surface area contributed by atoms with E-state index < -0.39 is 5.97 Å². The summed E-state index contributed by atoms with van der Waals surface area (Å²) in [5, 5.41) is 3.65. The maximum absolute atomic E-state index is 12.0. The van der Waals surface area contributed by atoms with Gasteiger partial charge in [0, 0.05) is 5.56 Å². The molecular weight excluding hydrogens is 344 g/mol. The summed E-state index contributed by atoms with van der Waals surface area (Å²) < 4.78 is 11.2. The van der Waals surface area contributed by atoms with Gasteiger partial charge in [-0.1, -0.05) is 41.6 Å². The number of aryl methyl sites for hydroxylation is 2. The summed E-state index contributed by atoms with van der Waals surface area (Å²) in [7, 11) is 0. The lowest BCUT2D eigenvalue weighted by Gasteiger charge is -2.06. The third kappa shape index (κ3) is 4.98. The van der Waals surface area contributed by atoms with Gasteiger partial charge in [0.05, 0.1) is 0 Å². The predicted molar refractivity (Wildman–Crippen MR) is 102 cm³/mol. The van der Waals surface area contributed by atoms with Crippen LogP contribution in [-0.2, 0) is 11.4 Å². The molecule has 0 bridgehead atoms. The second kappa shape index (κ2) is 8.23. The molecule has 27 heavy (non-hydrogen) atoms. The minimum Gasteiger partial charge on any atom is -0.486 e. The Balaban J connectivity index is 1.59. The fourth-order valence-corrected chi connectivity index (χ4v) is 2.53. The third-order valence-corrected chi connectivity index (χ3v) is 3.74. The van der Waals surface area contributed by atoms with E-state index in [4.69, 9.17) is 19.7 Å². The van der Waals surface area contributed by atoms with Gasteiger partial charge in [-0.3, -0.25) is 0 Å². The van der Waals surface area contributed by atoms with Crippen molar-refractivity contribution < 1.29 is 18.8 Å². The van der Waals surface area contributed by atoms with Crippen molar-refractivity contribution in [3.63, 3.8) is 0 Å². The summed E-state index contributed by atoms with van der Waals surface area (Å²) in [5.41, 5.74) is 8.67. The fraction of sp³-hybridized carbons (Fsp3) is 0.143. The molecule has 0 aliphatic carbocycles. The summed E-state index contributed by atoms with van der Waals surface area (Å²) in [5.74, 6) is 0.647. The molecule has 0 amide bonds. The van der Waals surface area contributed by atoms with E-state index in [1.54, 1.807) is 18.2 Å². The number of oxime groups is 1. The Hall–Kier alpha value is -3.54. The number of benzene rings is 2. The van der Waals surface area contributed by atoms with Gasteiger partial charge in [0.15, 0.2) is 5.84 Å². The number of carbonyl (C=O) groups excluding carboxylic acids is 1. The van der Waals surface area contributed by atoms with E-state index in [2.05, 4.69) is 11.2 Å². The molecule has 0 fully saturated rings. The zero-order chi connectivity index (χ0) is 19.2. The molecule has 6 nitrogen and oxygen atoms in total. The lowest BCUT2D eigenvalue weighted by molar-refractivity contribution is 0.0475. The normalized spacial score (nSPS) is 11.3. The van der Waals surface area contributed by atoms with Crippen molar-refractivity contribution in [1.29, 1.82) is 0 Å². The maximum atomic E-state index is 12.0. The van der Waals surface area contributed by atoms with Crippen molar-refractivity contribution in [2.24, 2.45) is 10.9 Å². The maximum Gasteiger partial charge on any atom is 0.400 e. The number of nitrogens with two attached hydrogens (primary N) is 1. The van der Waals surface area contributed by atoms with E-state index in [-0.39, 0.29) is 18.2 Å². The zero-order valence-corrected chi connectivity index (χ0v) is 15.1.